The second-order valence-electron chi connectivity index (χ2n) is 5.47. The van der Waals surface area contributed by atoms with E-state index in [0.717, 1.165) is 35.5 Å². The summed E-state index contributed by atoms with van der Waals surface area (Å²) in [5.74, 6) is 1.07. The maximum absolute atomic E-state index is 12.0. The molecular formula is C16H26N2O2. The summed E-state index contributed by atoms with van der Waals surface area (Å²) in [4.78, 5) is 16.4. The third-order valence-corrected chi connectivity index (χ3v) is 3.30. The highest BCUT2D eigenvalue weighted by Gasteiger charge is 2.12. The zero-order valence-electron chi connectivity index (χ0n) is 13.2. The predicted molar refractivity (Wildman–Crippen MR) is 81.3 cm³/mol. The largest absolute Gasteiger partial charge is 0.496 e. The lowest BCUT2D eigenvalue weighted by Gasteiger charge is -2.12. The molecule has 0 spiro atoms. The lowest BCUT2D eigenvalue weighted by molar-refractivity contribution is -0.118. The highest BCUT2D eigenvalue weighted by atomic mass is 16.5. The second kappa shape index (κ2) is 8.00. The van der Waals surface area contributed by atoms with Crippen molar-refractivity contribution in [2.75, 3.05) is 13.7 Å². The van der Waals surface area contributed by atoms with E-state index in [9.17, 15) is 4.79 Å². The zero-order chi connectivity index (χ0) is 15.1. The fourth-order valence-corrected chi connectivity index (χ4v) is 2.20. The lowest BCUT2D eigenvalue weighted by Crippen LogP contribution is -2.24. The molecule has 0 aromatic carbocycles. The van der Waals surface area contributed by atoms with E-state index in [-0.39, 0.29) is 5.78 Å². The van der Waals surface area contributed by atoms with Crippen LogP contribution in [0, 0.1) is 13.8 Å². The van der Waals surface area contributed by atoms with Crippen molar-refractivity contribution in [1.29, 1.82) is 0 Å². The number of ketones is 1. The number of Topliss-reactive ketones (excluding diaryl/α,β-unsaturated/α-hetero) is 1. The minimum Gasteiger partial charge on any atom is -0.496 e. The van der Waals surface area contributed by atoms with Gasteiger partial charge in [-0.15, -0.1) is 0 Å². The first-order chi connectivity index (χ1) is 9.45. The summed E-state index contributed by atoms with van der Waals surface area (Å²) in [5, 5.41) is 3.31. The molecule has 1 N–H and O–H groups in total. The average molecular weight is 278 g/mol. The van der Waals surface area contributed by atoms with E-state index in [1.54, 1.807) is 13.3 Å². The Hall–Kier alpha value is -1.42. The topological polar surface area (TPSA) is 51.2 Å². The number of carbonyl (C=O) groups is 1. The molecule has 0 aliphatic heterocycles. The van der Waals surface area contributed by atoms with Crippen LogP contribution in [0.1, 0.15) is 43.5 Å². The summed E-state index contributed by atoms with van der Waals surface area (Å²) in [6, 6.07) is 0.468. The number of rotatable bonds is 8. The summed E-state index contributed by atoms with van der Waals surface area (Å²) in [7, 11) is 1.65. The first-order valence-corrected chi connectivity index (χ1v) is 7.19. The Bertz CT molecular complexity index is 456. The summed E-state index contributed by atoms with van der Waals surface area (Å²) in [6.45, 7) is 9.01. The van der Waals surface area contributed by atoms with Crippen LogP contribution in [0.5, 0.6) is 5.75 Å². The molecule has 20 heavy (non-hydrogen) atoms. The number of aryl methyl sites for hydroxylation is 1. The first kappa shape index (κ1) is 16.6. The van der Waals surface area contributed by atoms with E-state index in [0.29, 0.717) is 18.9 Å². The number of ether oxygens (including phenoxy) is 1. The molecule has 4 nitrogen and oxygen atoms in total. The SMILES string of the molecule is COc1c(C)cnc(CC(=O)CCCNC(C)C)c1C. The molecule has 1 aromatic rings. The van der Waals surface area contributed by atoms with Crippen LogP contribution in [-0.2, 0) is 11.2 Å². The number of pyridine rings is 1. The summed E-state index contributed by atoms with van der Waals surface area (Å²) in [5.41, 5.74) is 2.80. The van der Waals surface area contributed by atoms with Crippen LogP contribution in [0.3, 0.4) is 0 Å². The van der Waals surface area contributed by atoms with Gasteiger partial charge >= 0.3 is 0 Å². The van der Waals surface area contributed by atoms with Crippen molar-refractivity contribution in [3.63, 3.8) is 0 Å². The molecule has 0 radical (unpaired) electrons. The van der Waals surface area contributed by atoms with Crippen LogP contribution in [0.15, 0.2) is 6.20 Å². The fraction of sp³-hybridized carbons (Fsp3) is 0.625. The van der Waals surface area contributed by atoms with Crippen molar-refractivity contribution in [3.8, 4) is 5.75 Å². The zero-order valence-corrected chi connectivity index (χ0v) is 13.2. The van der Waals surface area contributed by atoms with Gasteiger partial charge in [0.15, 0.2) is 0 Å². The van der Waals surface area contributed by atoms with Crippen molar-refractivity contribution in [2.45, 2.75) is 53.0 Å². The van der Waals surface area contributed by atoms with E-state index < -0.39 is 0 Å². The molecule has 0 aliphatic carbocycles. The van der Waals surface area contributed by atoms with Crippen molar-refractivity contribution >= 4 is 5.78 Å². The van der Waals surface area contributed by atoms with Crippen molar-refractivity contribution in [1.82, 2.24) is 10.3 Å². The van der Waals surface area contributed by atoms with Crippen molar-refractivity contribution < 1.29 is 9.53 Å². The molecule has 112 valence electrons. The maximum Gasteiger partial charge on any atom is 0.138 e. The molecule has 0 bridgehead atoms. The van der Waals surface area contributed by atoms with Crippen LogP contribution in [0.25, 0.3) is 0 Å². The lowest BCUT2D eigenvalue weighted by atomic mass is 10.0. The second-order valence-corrected chi connectivity index (χ2v) is 5.47. The quantitative estimate of drug-likeness (QED) is 0.743. The highest BCUT2D eigenvalue weighted by Crippen LogP contribution is 2.24. The first-order valence-electron chi connectivity index (χ1n) is 7.19. The minimum absolute atomic E-state index is 0.233. The molecule has 4 heteroatoms. The number of hydrogen-bond acceptors (Lipinski definition) is 4. The van der Waals surface area contributed by atoms with Gasteiger partial charge in [-0.05, 0) is 26.8 Å². The van der Waals surface area contributed by atoms with Gasteiger partial charge in [0.1, 0.15) is 11.5 Å². The third kappa shape index (κ3) is 4.93. The van der Waals surface area contributed by atoms with Crippen LogP contribution in [-0.4, -0.2) is 30.5 Å². The highest BCUT2D eigenvalue weighted by molar-refractivity contribution is 5.80. The number of nitrogens with one attached hydrogen (secondary N) is 1. The Morgan fingerprint density at radius 2 is 2.10 bits per heavy atom. The van der Waals surface area contributed by atoms with Gasteiger partial charge in [0.2, 0.25) is 0 Å². The molecule has 0 atom stereocenters. The van der Waals surface area contributed by atoms with Gasteiger partial charge in [-0.2, -0.15) is 0 Å². The Labute approximate surface area is 121 Å². The Kier molecular flexibility index (Phi) is 6.65. The normalized spacial score (nSPS) is 10.9. The standard InChI is InChI=1S/C16H26N2O2/c1-11(2)17-8-6-7-14(19)9-15-13(4)16(20-5)12(3)10-18-15/h10-11,17H,6-9H2,1-5H3. The molecule has 0 aliphatic rings. The van der Waals surface area contributed by atoms with Crippen LogP contribution in [0.2, 0.25) is 0 Å². The molecule has 0 saturated carbocycles. The summed E-state index contributed by atoms with van der Waals surface area (Å²) in [6.07, 6.45) is 3.63. The van der Waals surface area contributed by atoms with E-state index in [2.05, 4.69) is 24.1 Å². The van der Waals surface area contributed by atoms with Crippen molar-refractivity contribution in [2.24, 2.45) is 0 Å². The smallest absolute Gasteiger partial charge is 0.138 e. The summed E-state index contributed by atoms with van der Waals surface area (Å²) >= 11 is 0. The Morgan fingerprint density at radius 3 is 2.70 bits per heavy atom. The molecule has 0 fully saturated rings. The third-order valence-electron chi connectivity index (χ3n) is 3.30. The van der Waals surface area contributed by atoms with Gasteiger partial charge in [-0.25, -0.2) is 0 Å². The molecular weight excluding hydrogens is 252 g/mol. The Morgan fingerprint density at radius 1 is 1.40 bits per heavy atom. The molecule has 0 saturated heterocycles. The number of hydrogen-bond donors (Lipinski definition) is 1. The molecule has 0 unspecified atom stereocenters. The van der Waals surface area contributed by atoms with Gasteiger partial charge in [-0.3, -0.25) is 9.78 Å². The maximum atomic E-state index is 12.0. The van der Waals surface area contributed by atoms with Gasteiger partial charge in [0, 0.05) is 36.2 Å². The van der Waals surface area contributed by atoms with Crippen LogP contribution >= 0.6 is 0 Å². The average Bonchev–Trinajstić information content (AvgIpc) is 2.38. The van der Waals surface area contributed by atoms with Crippen LogP contribution < -0.4 is 10.1 Å². The molecule has 1 aromatic heterocycles. The van der Waals surface area contributed by atoms with E-state index in [1.165, 1.54) is 0 Å². The van der Waals surface area contributed by atoms with E-state index >= 15 is 0 Å². The van der Waals surface area contributed by atoms with Gasteiger partial charge < -0.3 is 10.1 Å². The van der Waals surface area contributed by atoms with Gasteiger partial charge in [-0.1, -0.05) is 13.8 Å². The molecule has 0 amide bonds. The number of carbonyl (C=O) groups excluding carboxylic acids is 1. The van der Waals surface area contributed by atoms with Crippen molar-refractivity contribution in [3.05, 3.63) is 23.0 Å². The van der Waals surface area contributed by atoms with E-state index in [4.69, 9.17) is 4.74 Å². The fourth-order valence-electron chi connectivity index (χ4n) is 2.20. The predicted octanol–water partition coefficient (Wildman–Crippen LogP) is 2.60. The molecule has 1 rings (SSSR count). The monoisotopic (exact) mass is 278 g/mol. The number of aromatic nitrogens is 1. The van der Waals surface area contributed by atoms with Crippen LogP contribution in [0.4, 0.5) is 0 Å². The Balaban J connectivity index is 2.54. The molecule has 1 heterocycles. The van der Waals surface area contributed by atoms with E-state index in [1.807, 2.05) is 13.8 Å². The minimum atomic E-state index is 0.233. The summed E-state index contributed by atoms with van der Waals surface area (Å²) < 4.78 is 5.36. The number of nitrogens with zero attached hydrogens (tertiary/aromatic N) is 1. The van der Waals surface area contributed by atoms with Gasteiger partial charge in [0.05, 0.1) is 12.8 Å². The number of methoxy groups -OCH3 is 1. The van der Waals surface area contributed by atoms with Gasteiger partial charge in [0.25, 0.3) is 0 Å².